The molecule has 0 spiro atoms. The number of nitrogens with zero attached hydrogens (tertiary/aromatic N) is 1. The van der Waals surface area contributed by atoms with Gasteiger partial charge in [-0.2, -0.15) is 0 Å². The lowest BCUT2D eigenvalue weighted by Crippen LogP contribution is -2.41. The average molecular weight is 344 g/mol. The second-order valence-corrected chi connectivity index (χ2v) is 7.15. The molecule has 1 fully saturated rings. The van der Waals surface area contributed by atoms with Crippen molar-refractivity contribution in [2.75, 3.05) is 20.3 Å². The van der Waals surface area contributed by atoms with Crippen LogP contribution in [0.4, 0.5) is 0 Å². The summed E-state index contributed by atoms with van der Waals surface area (Å²) >= 11 is 0. The maximum Gasteiger partial charge on any atom is 0.225 e. The first-order valence-corrected chi connectivity index (χ1v) is 9.32. The third-order valence-corrected chi connectivity index (χ3v) is 5.25. The Morgan fingerprint density at radius 1 is 1.16 bits per heavy atom. The van der Waals surface area contributed by atoms with Crippen molar-refractivity contribution in [2.45, 2.75) is 57.0 Å². The average Bonchev–Trinajstić information content (AvgIpc) is 3.17. The van der Waals surface area contributed by atoms with Gasteiger partial charge in [0.15, 0.2) is 0 Å². The molecule has 5 nitrogen and oxygen atoms in total. The number of rotatable bonds is 8. The Kier molecular flexibility index (Phi) is 6.08. The molecular formula is C20H28N2O3. The molecule has 0 radical (unpaired) electrons. The number of hydrogen-bond donors (Lipinski definition) is 1. The number of methoxy groups -OCH3 is 1. The van der Waals surface area contributed by atoms with Crippen LogP contribution in [0.2, 0.25) is 0 Å². The van der Waals surface area contributed by atoms with Crippen molar-refractivity contribution >= 4 is 11.8 Å². The van der Waals surface area contributed by atoms with E-state index in [-0.39, 0.29) is 23.9 Å². The van der Waals surface area contributed by atoms with E-state index in [0.717, 1.165) is 38.7 Å². The first kappa shape index (κ1) is 17.9. The third-order valence-electron chi connectivity index (χ3n) is 5.25. The number of likely N-dealkylation sites (tertiary alicyclic amines) is 1. The number of benzene rings is 1. The number of unbranched alkanes of at least 4 members (excludes halogenated alkanes) is 2. The molecule has 1 unspecified atom stereocenters. The molecule has 1 aromatic carbocycles. The van der Waals surface area contributed by atoms with Crippen LogP contribution in [0.1, 0.15) is 43.2 Å². The normalized spacial score (nSPS) is 20.1. The van der Waals surface area contributed by atoms with Crippen LogP contribution >= 0.6 is 0 Å². The maximum absolute atomic E-state index is 12.4. The quantitative estimate of drug-likeness (QED) is 0.735. The van der Waals surface area contributed by atoms with E-state index in [4.69, 9.17) is 4.74 Å². The minimum Gasteiger partial charge on any atom is -0.385 e. The Morgan fingerprint density at radius 3 is 2.56 bits per heavy atom. The van der Waals surface area contributed by atoms with Gasteiger partial charge in [-0.1, -0.05) is 30.7 Å². The van der Waals surface area contributed by atoms with Gasteiger partial charge in [-0.3, -0.25) is 9.59 Å². The summed E-state index contributed by atoms with van der Waals surface area (Å²) in [5.74, 6) is 0.231. The maximum atomic E-state index is 12.4. The molecule has 0 saturated carbocycles. The highest BCUT2D eigenvalue weighted by Gasteiger charge is 2.37. The molecule has 1 atom stereocenters. The number of hydrogen-bond acceptors (Lipinski definition) is 3. The molecule has 1 aromatic rings. The van der Waals surface area contributed by atoms with Crippen LogP contribution < -0.4 is 5.32 Å². The van der Waals surface area contributed by atoms with E-state index < -0.39 is 0 Å². The van der Waals surface area contributed by atoms with Crippen molar-refractivity contribution < 1.29 is 14.3 Å². The van der Waals surface area contributed by atoms with E-state index >= 15 is 0 Å². The van der Waals surface area contributed by atoms with Crippen LogP contribution in [0.15, 0.2) is 24.3 Å². The fraction of sp³-hybridized carbons (Fsp3) is 0.600. The minimum atomic E-state index is -0.0392. The first-order valence-electron chi connectivity index (χ1n) is 9.32. The molecule has 25 heavy (non-hydrogen) atoms. The van der Waals surface area contributed by atoms with Crippen molar-refractivity contribution in [2.24, 2.45) is 0 Å². The highest BCUT2D eigenvalue weighted by molar-refractivity contribution is 5.82. The SMILES string of the molecule is COCCCCCC(=O)NC1CC(=O)N(C2Cc3ccccc3C2)C1. The van der Waals surface area contributed by atoms with Crippen molar-refractivity contribution in [3.63, 3.8) is 0 Å². The molecule has 1 saturated heterocycles. The summed E-state index contributed by atoms with van der Waals surface area (Å²) in [4.78, 5) is 26.4. The molecule has 1 heterocycles. The van der Waals surface area contributed by atoms with Gasteiger partial charge >= 0.3 is 0 Å². The number of carbonyl (C=O) groups excluding carboxylic acids is 2. The smallest absolute Gasteiger partial charge is 0.225 e. The van der Waals surface area contributed by atoms with E-state index in [2.05, 4.69) is 29.6 Å². The molecule has 136 valence electrons. The van der Waals surface area contributed by atoms with Gasteiger partial charge in [-0.25, -0.2) is 0 Å². The highest BCUT2D eigenvalue weighted by Crippen LogP contribution is 2.28. The summed E-state index contributed by atoms with van der Waals surface area (Å²) in [7, 11) is 1.69. The Hall–Kier alpha value is -1.88. The fourth-order valence-corrected chi connectivity index (χ4v) is 3.95. The van der Waals surface area contributed by atoms with Gasteiger partial charge < -0.3 is 15.0 Å². The van der Waals surface area contributed by atoms with Crippen LogP contribution in [-0.2, 0) is 27.2 Å². The number of ether oxygens (including phenoxy) is 1. The van der Waals surface area contributed by atoms with Gasteiger partial charge in [0.2, 0.25) is 11.8 Å². The van der Waals surface area contributed by atoms with Crippen LogP contribution in [0.25, 0.3) is 0 Å². The van der Waals surface area contributed by atoms with Crippen molar-refractivity contribution in [1.82, 2.24) is 10.2 Å². The number of amides is 2. The molecular weight excluding hydrogens is 316 g/mol. The van der Waals surface area contributed by atoms with Gasteiger partial charge in [0, 0.05) is 39.1 Å². The first-order chi connectivity index (χ1) is 12.2. The van der Waals surface area contributed by atoms with E-state index in [1.54, 1.807) is 7.11 Å². The van der Waals surface area contributed by atoms with Crippen molar-refractivity contribution in [3.8, 4) is 0 Å². The zero-order valence-corrected chi connectivity index (χ0v) is 15.0. The minimum absolute atomic E-state index is 0.0392. The van der Waals surface area contributed by atoms with Crippen molar-refractivity contribution in [1.29, 1.82) is 0 Å². The van der Waals surface area contributed by atoms with E-state index in [1.807, 2.05) is 4.90 Å². The molecule has 3 rings (SSSR count). The summed E-state index contributed by atoms with van der Waals surface area (Å²) < 4.78 is 5.01. The van der Waals surface area contributed by atoms with Crippen LogP contribution in [-0.4, -0.2) is 49.1 Å². The second-order valence-electron chi connectivity index (χ2n) is 7.15. The van der Waals surface area contributed by atoms with Crippen LogP contribution in [0, 0.1) is 0 Å². The van der Waals surface area contributed by atoms with Gasteiger partial charge in [0.1, 0.15) is 0 Å². The number of fused-ring (bicyclic) bond motifs is 1. The van der Waals surface area contributed by atoms with E-state index in [0.29, 0.717) is 19.4 Å². The lowest BCUT2D eigenvalue weighted by molar-refractivity contribution is -0.129. The second kappa shape index (κ2) is 8.48. The molecule has 1 N–H and O–H groups in total. The highest BCUT2D eigenvalue weighted by atomic mass is 16.5. The molecule has 0 aromatic heterocycles. The largest absolute Gasteiger partial charge is 0.385 e. The van der Waals surface area contributed by atoms with Gasteiger partial charge in [0.05, 0.1) is 6.04 Å². The molecule has 2 amide bonds. The van der Waals surface area contributed by atoms with E-state index in [9.17, 15) is 9.59 Å². The third kappa shape index (κ3) is 4.60. The summed E-state index contributed by atoms with van der Waals surface area (Å²) in [6.45, 7) is 1.39. The number of carbonyl (C=O) groups is 2. The Balaban J connectivity index is 1.43. The molecule has 0 bridgehead atoms. The summed E-state index contributed by atoms with van der Waals surface area (Å²) in [6, 6.07) is 8.63. The molecule has 2 aliphatic rings. The van der Waals surface area contributed by atoms with Crippen molar-refractivity contribution in [3.05, 3.63) is 35.4 Å². The standard InChI is InChI=1S/C20H28N2O3/c1-25-10-6-2-3-9-19(23)21-17-13-20(24)22(14-17)18-11-15-7-4-5-8-16(15)12-18/h4-5,7-8,17-18H,2-3,6,9-14H2,1H3,(H,21,23). The van der Waals surface area contributed by atoms with Crippen LogP contribution in [0.5, 0.6) is 0 Å². The predicted octanol–water partition coefficient (Wildman–Crippen LogP) is 2.08. The Morgan fingerprint density at radius 2 is 1.88 bits per heavy atom. The van der Waals surface area contributed by atoms with E-state index in [1.165, 1.54) is 11.1 Å². The fourth-order valence-electron chi connectivity index (χ4n) is 3.95. The Bertz CT molecular complexity index is 592. The summed E-state index contributed by atoms with van der Waals surface area (Å²) in [5, 5.41) is 3.04. The molecule has 1 aliphatic carbocycles. The molecule has 5 heteroatoms. The zero-order chi connectivity index (χ0) is 17.6. The zero-order valence-electron chi connectivity index (χ0n) is 15.0. The molecule has 1 aliphatic heterocycles. The van der Waals surface area contributed by atoms with Gasteiger partial charge in [-0.15, -0.1) is 0 Å². The Labute approximate surface area is 149 Å². The lowest BCUT2D eigenvalue weighted by Gasteiger charge is -2.24. The topological polar surface area (TPSA) is 58.6 Å². The van der Waals surface area contributed by atoms with Crippen LogP contribution in [0.3, 0.4) is 0 Å². The monoisotopic (exact) mass is 344 g/mol. The predicted molar refractivity (Wildman–Crippen MR) is 96.2 cm³/mol. The summed E-state index contributed by atoms with van der Waals surface area (Å²) in [5.41, 5.74) is 2.70. The number of nitrogens with one attached hydrogen (secondary N) is 1. The summed E-state index contributed by atoms with van der Waals surface area (Å²) in [6.07, 6.45) is 5.69. The van der Waals surface area contributed by atoms with Gasteiger partial charge in [0.25, 0.3) is 0 Å². The lowest BCUT2D eigenvalue weighted by atomic mass is 10.1. The van der Waals surface area contributed by atoms with Gasteiger partial charge in [-0.05, 0) is 36.8 Å².